The Hall–Kier alpha value is -1.81. The monoisotopic (exact) mass is 291 g/mol. The van der Waals surface area contributed by atoms with Crippen LogP contribution in [0.5, 0.6) is 5.75 Å². The zero-order valence-corrected chi connectivity index (χ0v) is 12.4. The number of hydrogen-bond donors (Lipinski definition) is 1. The molecule has 1 N–H and O–H groups in total. The van der Waals surface area contributed by atoms with E-state index in [-0.39, 0.29) is 0 Å². The van der Waals surface area contributed by atoms with Crippen molar-refractivity contribution in [1.29, 1.82) is 0 Å². The molecule has 2 aromatic rings. The molecule has 5 heteroatoms. The van der Waals surface area contributed by atoms with E-state index in [1.807, 2.05) is 25.1 Å². The minimum atomic E-state index is 0.393. The summed E-state index contributed by atoms with van der Waals surface area (Å²) in [5.74, 6) is 1.57. The summed E-state index contributed by atoms with van der Waals surface area (Å²) in [7, 11) is 0. The van der Waals surface area contributed by atoms with Gasteiger partial charge >= 0.3 is 0 Å². The van der Waals surface area contributed by atoms with Crippen molar-refractivity contribution in [3.05, 3.63) is 46.9 Å². The van der Waals surface area contributed by atoms with E-state index in [0.717, 1.165) is 40.8 Å². The molecule has 0 saturated heterocycles. The van der Waals surface area contributed by atoms with Crippen LogP contribution in [0.3, 0.4) is 0 Å². The Bertz CT molecular complexity index is 558. The van der Waals surface area contributed by atoms with Gasteiger partial charge in [0.25, 0.3) is 0 Å². The van der Waals surface area contributed by atoms with Gasteiger partial charge in [0.1, 0.15) is 18.2 Å². The maximum Gasteiger partial charge on any atom is 0.144 e. The van der Waals surface area contributed by atoms with Gasteiger partial charge in [0.05, 0.1) is 18.1 Å². The lowest BCUT2D eigenvalue weighted by Gasteiger charge is -2.08. The Balaban J connectivity index is 1.97. The summed E-state index contributed by atoms with van der Waals surface area (Å²) in [5, 5.41) is 3.87. The second-order valence-corrected chi connectivity index (χ2v) is 4.73. The molecule has 0 aliphatic rings. The van der Waals surface area contributed by atoms with Crippen molar-refractivity contribution in [3.63, 3.8) is 0 Å². The van der Waals surface area contributed by atoms with E-state index in [0.29, 0.717) is 6.61 Å². The van der Waals surface area contributed by atoms with Gasteiger partial charge < -0.3 is 10.1 Å². The van der Waals surface area contributed by atoms with Crippen molar-refractivity contribution in [2.45, 2.75) is 26.9 Å². The van der Waals surface area contributed by atoms with Gasteiger partial charge in [-0.05, 0) is 37.1 Å². The minimum absolute atomic E-state index is 0.393. The second-order valence-electron chi connectivity index (χ2n) is 4.32. The molecule has 4 nitrogen and oxygen atoms in total. The summed E-state index contributed by atoms with van der Waals surface area (Å²) < 4.78 is 5.71. The number of halogens is 1. The summed E-state index contributed by atoms with van der Waals surface area (Å²) >= 11 is 6.08. The summed E-state index contributed by atoms with van der Waals surface area (Å²) in [5.41, 5.74) is 1.87. The van der Waals surface area contributed by atoms with Crippen molar-refractivity contribution in [2.24, 2.45) is 0 Å². The molecule has 2 rings (SSSR count). The molecule has 0 radical (unpaired) electrons. The van der Waals surface area contributed by atoms with Crippen LogP contribution in [0.4, 0.5) is 5.82 Å². The van der Waals surface area contributed by atoms with Gasteiger partial charge in [-0.15, -0.1) is 0 Å². The van der Waals surface area contributed by atoms with E-state index in [2.05, 4.69) is 22.2 Å². The standard InChI is InChI=1S/C15H18ClN3O/c1-3-11-7-13(5-6-14(11)16)20-10-12-8-19-15(9-18-12)17-4-2/h5-9H,3-4,10H2,1-2H3,(H,17,19). The molecule has 0 bridgehead atoms. The Morgan fingerprint density at radius 1 is 1.20 bits per heavy atom. The van der Waals surface area contributed by atoms with E-state index < -0.39 is 0 Å². The zero-order chi connectivity index (χ0) is 14.4. The van der Waals surface area contributed by atoms with Gasteiger partial charge in [-0.25, -0.2) is 4.98 Å². The normalized spacial score (nSPS) is 10.3. The first-order valence-electron chi connectivity index (χ1n) is 6.69. The lowest BCUT2D eigenvalue weighted by Crippen LogP contribution is -2.03. The van der Waals surface area contributed by atoms with E-state index in [9.17, 15) is 0 Å². The van der Waals surface area contributed by atoms with Crippen LogP contribution in [0.25, 0.3) is 0 Å². The predicted molar refractivity (Wildman–Crippen MR) is 81.4 cm³/mol. The molecule has 0 spiro atoms. The van der Waals surface area contributed by atoms with Crippen LogP contribution in [0.1, 0.15) is 25.1 Å². The fourth-order valence-electron chi connectivity index (χ4n) is 1.77. The first-order valence-corrected chi connectivity index (χ1v) is 7.06. The third-order valence-electron chi connectivity index (χ3n) is 2.85. The van der Waals surface area contributed by atoms with Crippen LogP contribution in [0.15, 0.2) is 30.6 Å². The first-order chi connectivity index (χ1) is 9.72. The highest BCUT2D eigenvalue weighted by atomic mass is 35.5. The molecule has 0 unspecified atom stereocenters. The van der Waals surface area contributed by atoms with Crippen molar-refractivity contribution in [1.82, 2.24) is 9.97 Å². The molecule has 0 aliphatic carbocycles. The van der Waals surface area contributed by atoms with Crippen molar-refractivity contribution < 1.29 is 4.74 Å². The number of nitrogens with one attached hydrogen (secondary N) is 1. The maximum atomic E-state index is 6.08. The number of aryl methyl sites for hydroxylation is 1. The lowest BCUT2D eigenvalue weighted by molar-refractivity contribution is 0.300. The maximum absolute atomic E-state index is 6.08. The van der Waals surface area contributed by atoms with Crippen LogP contribution >= 0.6 is 11.6 Å². The highest BCUT2D eigenvalue weighted by molar-refractivity contribution is 6.31. The quantitative estimate of drug-likeness (QED) is 0.881. The van der Waals surface area contributed by atoms with Crippen molar-refractivity contribution in [2.75, 3.05) is 11.9 Å². The largest absolute Gasteiger partial charge is 0.487 e. The number of benzene rings is 1. The Labute approximate surface area is 124 Å². The molecule has 0 aliphatic heterocycles. The van der Waals surface area contributed by atoms with Gasteiger partial charge in [0.2, 0.25) is 0 Å². The zero-order valence-electron chi connectivity index (χ0n) is 11.7. The first kappa shape index (κ1) is 14.6. The topological polar surface area (TPSA) is 47.0 Å². The number of anilines is 1. The van der Waals surface area contributed by atoms with Gasteiger partial charge in [0, 0.05) is 11.6 Å². The Kier molecular flexibility index (Phi) is 5.18. The third-order valence-corrected chi connectivity index (χ3v) is 3.22. The predicted octanol–water partition coefficient (Wildman–Crippen LogP) is 3.70. The molecule has 1 heterocycles. The highest BCUT2D eigenvalue weighted by Gasteiger charge is 2.03. The SMILES string of the molecule is CCNc1cnc(COc2ccc(Cl)c(CC)c2)cn1. The van der Waals surface area contributed by atoms with Crippen molar-refractivity contribution >= 4 is 17.4 Å². The van der Waals surface area contributed by atoms with E-state index in [1.54, 1.807) is 12.4 Å². The highest BCUT2D eigenvalue weighted by Crippen LogP contribution is 2.23. The van der Waals surface area contributed by atoms with Crippen molar-refractivity contribution in [3.8, 4) is 5.75 Å². The number of ether oxygens (including phenoxy) is 1. The lowest BCUT2D eigenvalue weighted by atomic mass is 10.1. The van der Waals surface area contributed by atoms with Crippen LogP contribution in [0, 0.1) is 0 Å². The molecule has 0 atom stereocenters. The molecule has 1 aromatic heterocycles. The fraction of sp³-hybridized carbons (Fsp3) is 0.333. The average molecular weight is 292 g/mol. The number of hydrogen-bond acceptors (Lipinski definition) is 4. The molecule has 0 fully saturated rings. The summed E-state index contributed by atoms with van der Waals surface area (Å²) in [6.45, 7) is 5.31. The van der Waals surface area contributed by atoms with E-state index in [4.69, 9.17) is 16.3 Å². The molecule has 0 amide bonds. The minimum Gasteiger partial charge on any atom is -0.487 e. The van der Waals surface area contributed by atoms with Crippen LogP contribution < -0.4 is 10.1 Å². The smallest absolute Gasteiger partial charge is 0.144 e. The summed E-state index contributed by atoms with van der Waals surface area (Å²) in [6.07, 6.45) is 4.31. The second kappa shape index (κ2) is 7.10. The molecular weight excluding hydrogens is 274 g/mol. The molecular formula is C15H18ClN3O. The molecule has 1 aromatic carbocycles. The van der Waals surface area contributed by atoms with Gasteiger partial charge in [-0.3, -0.25) is 4.98 Å². The summed E-state index contributed by atoms with van der Waals surface area (Å²) in [4.78, 5) is 8.55. The van der Waals surface area contributed by atoms with Crippen LogP contribution in [-0.4, -0.2) is 16.5 Å². The molecule has 106 valence electrons. The number of nitrogens with zero attached hydrogens (tertiary/aromatic N) is 2. The van der Waals surface area contributed by atoms with Gasteiger partial charge in [-0.2, -0.15) is 0 Å². The Morgan fingerprint density at radius 2 is 2.05 bits per heavy atom. The Morgan fingerprint density at radius 3 is 2.70 bits per heavy atom. The number of rotatable bonds is 6. The van der Waals surface area contributed by atoms with Gasteiger partial charge in [0.15, 0.2) is 0 Å². The molecule has 20 heavy (non-hydrogen) atoms. The summed E-state index contributed by atoms with van der Waals surface area (Å²) in [6, 6.07) is 5.68. The average Bonchev–Trinajstić information content (AvgIpc) is 2.48. The molecule has 0 saturated carbocycles. The van der Waals surface area contributed by atoms with Crippen LogP contribution in [0.2, 0.25) is 5.02 Å². The fourth-order valence-corrected chi connectivity index (χ4v) is 2.02. The van der Waals surface area contributed by atoms with E-state index >= 15 is 0 Å². The van der Waals surface area contributed by atoms with Crippen LogP contribution in [-0.2, 0) is 13.0 Å². The third kappa shape index (κ3) is 3.84. The van der Waals surface area contributed by atoms with E-state index in [1.165, 1.54) is 0 Å². The number of aromatic nitrogens is 2. The van der Waals surface area contributed by atoms with Gasteiger partial charge in [-0.1, -0.05) is 18.5 Å².